The number of hydrogen-bond acceptors (Lipinski definition) is 5. The van der Waals surface area contributed by atoms with Crippen LogP contribution in [0.4, 0.5) is 24.5 Å². The minimum absolute atomic E-state index is 0.0300. The number of ether oxygens (including phenoxy) is 1. The van der Waals surface area contributed by atoms with E-state index in [0.29, 0.717) is 51.8 Å². The van der Waals surface area contributed by atoms with E-state index < -0.39 is 22.4 Å². The summed E-state index contributed by atoms with van der Waals surface area (Å²) in [5.41, 5.74) is -1.53. The van der Waals surface area contributed by atoms with Crippen LogP contribution in [0.25, 0.3) is 0 Å². The van der Waals surface area contributed by atoms with Gasteiger partial charge in [0.05, 0.1) is 29.6 Å². The summed E-state index contributed by atoms with van der Waals surface area (Å²) in [4.78, 5) is 26.6. The van der Waals surface area contributed by atoms with Gasteiger partial charge < -0.3 is 14.5 Å². The molecule has 2 heterocycles. The van der Waals surface area contributed by atoms with Crippen molar-refractivity contribution < 1.29 is 27.6 Å². The number of halogens is 3. The van der Waals surface area contributed by atoms with E-state index in [1.807, 2.05) is 0 Å². The fraction of sp³-hybridized carbons (Fsp3) is 0.588. The zero-order valence-electron chi connectivity index (χ0n) is 14.6. The highest BCUT2D eigenvalue weighted by Crippen LogP contribution is 2.37. The average Bonchev–Trinajstić information content (AvgIpc) is 2.67. The van der Waals surface area contributed by atoms with E-state index in [9.17, 15) is 28.1 Å². The van der Waals surface area contributed by atoms with Gasteiger partial charge in [0.2, 0.25) is 5.91 Å². The van der Waals surface area contributed by atoms with Gasteiger partial charge in [0, 0.05) is 32.2 Å². The highest BCUT2D eigenvalue weighted by molar-refractivity contribution is 5.80. The number of piperidine rings is 1. The minimum Gasteiger partial charge on any atom is -0.378 e. The van der Waals surface area contributed by atoms with Gasteiger partial charge in [0.25, 0.3) is 5.69 Å². The molecule has 7 nitrogen and oxygen atoms in total. The Morgan fingerprint density at radius 2 is 1.93 bits per heavy atom. The molecule has 1 amide bonds. The number of hydrogen-bond donors (Lipinski definition) is 0. The Hall–Kier alpha value is -2.36. The topological polar surface area (TPSA) is 75.9 Å². The number of morpholine rings is 1. The van der Waals surface area contributed by atoms with E-state index in [2.05, 4.69) is 0 Å². The zero-order valence-corrected chi connectivity index (χ0v) is 14.6. The largest absolute Gasteiger partial charge is 0.416 e. The van der Waals surface area contributed by atoms with Gasteiger partial charge in [-0.05, 0) is 25.0 Å². The quantitative estimate of drug-likeness (QED) is 0.589. The van der Waals surface area contributed by atoms with Crippen molar-refractivity contribution in [3.63, 3.8) is 0 Å². The second-order valence-corrected chi connectivity index (χ2v) is 6.68. The first-order valence-electron chi connectivity index (χ1n) is 8.74. The van der Waals surface area contributed by atoms with E-state index in [0.717, 1.165) is 12.1 Å². The summed E-state index contributed by atoms with van der Waals surface area (Å²) in [6, 6.07) is 2.53. The predicted octanol–water partition coefficient (Wildman–Crippen LogP) is 2.69. The number of carbonyl (C=O) groups excluding carboxylic acids is 1. The van der Waals surface area contributed by atoms with Crippen LogP contribution in [0.5, 0.6) is 0 Å². The number of nitrogens with zero attached hydrogens (tertiary/aromatic N) is 3. The number of anilines is 1. The maximum Gasteiger partial charge on any atom is 0.416 e. The molecule has 2 saturated heterocycles. The first kappa shape index (κ1) is 19.4. The number of nitro groups is 1. The maximum absolute atomic E-state index is 12.9. The lowest BCUT2D eigenvalue weighted by atomic mass is 9.95. The Morgan fingerprint density at radius 1 is 1.22 bits per heavy atom. The first-order valence-corrected chi connectivity index (χ1v) is 8.74. The molecule has 0 aliphatic carbocycles. The summed E-state index contributed by atoms with van der Waals surface area (Å²) in [6.07, 6.45) is -3.36. The monoisotopic (exact) mass is 387 g/mol. The molecular formula is C17H20F3N3O4. The highest BCUT2D eigenvalue weighted by Gasteiger charge is 2.36. The molecule has 0 spiro atoms. The molecule has 0 N–H and O–H groups in total. The summed E-state index contributed by atoms with van der Waals surface area (Å²) in [6.45, 7) is 2.69. The standard InChI is InChI=1S/C17H20F3N3O4/c18-17(19,20)13-3-4-14(15(10-13)23(25)26)22-5-1-2-12(11-22)16(24)21-6-8-27-9-7-21/h3-4,10,12H,1-2,5-9,11H2. The lowest BCUT2D eigenvalue weighted by Crippen LogP contribution is -2.48. The van der Waals surface area contributed by atoms with Crippen LogP contribution in [-0.4, -0.2) is 55.1 Å². The number of carbonyl (C=O) groups is 1. The smallest absolute Gasteiger partial charge is 0.378 e. The van der Waals surface area contributed by atoms with Crippen LogP contribution >= 0.6 is 0 Å². The maximum atomic E-state index is 12.9. The Morgan fingerprint density at radius 3 is 2.56 bits per heavy atom. The summed E-state index contributed by atoms with van der Waals surface area (Å²) >= 11 is 0. The molecule has 0 aromatic heterocycles. The van der Waals surface area contributed by atoms with Crippen molar-refractivity contribution in [2.45, 2.75) is 19.0 Å². The summed E-state index contributed by atoms with van der Waals surface area (Å²) in [5.74, 6) is -0.365. The molecule has 2 fully saturated rings. The van der Waals surface area contributed by atoms with Crippen molar-refractivity contribution in [3.8, 4) is 0 Å². The molecule has 148 valence electrons. The molecule has 0 bridgehead atoms. The van der Waals surface area contributed by atoms with Crippen LogP contribution < -0.4 is 4.90 Å². The average molecular weight is 387 g/mol. The molecule has 0 radical (unpaired) electrons. The minimum atomic E-state index is -4.65. The number of amides is 1. The molecule has 27 heavy (non-hydrogen) atoms. The van der Waals surface area contributed by atoms with E-state index >= 15 is 0 Å². The van der Waals surface area contributed by atoms with E-state index in [1.165, 1.54) is 0 Å². The predicted molar refractivity (Wildman–Crippen MR) is 90.4 cm³/mol. The summed E-state index contributed by atoms with van der Waals surface area (Å²) in [7, 11) is 0. The summed E-state index contributed by atoms with van der Waals surface area (Å²) in [5, 5.41) is 11.3. The van der Waals surface area contributed by atoms with Gasteiger partial charge in [-0.1, -0.05) is 0 Å². The molecule has 2 aliphatic heterocycles. The van der Waals surface area contributed by atoms with Crippen LogP contribution in [0.1, 0.15) is 18.4 Å². The van der Waals surface area contributed by atoms with Crippen LogP contribution in [0.3, 0.4) is 0 Å². The molecule has 2 aliphatic rings. The van der Waals surface area contributed by atoms with Gasteiger partial charge in [-0.15, -0.1) is 0 Å². The lowest BCUT2D eigenvalue weighted by molar-refractivity contribution is -0.384. The fourth-order valence-electron chi connectivity index (χ4n) is 3.55. The van der Waals surface area contributed by atoms with Crippen LogP contribution in [0.2, 0.25) is 0 Å². The molecule has 1 atom stereocenters. The Balaban J connectivity index is 1.81. The number of benzene rings is 1. The van der Waals surface area contributed by atoms with Crippen molar-refractivity contribution >= 4 is 17.3 Å². The fourth-order valence-corrected chi connectivity index (χ4v) is 3.55. The highest BCUT2D eigenvalue weighted by atomic mass is 19.4. The van der Waals surface area contributed by atoms with Gasteiger partial charge in [-0.2, -0.15) is 13.2 Å². The van der Waals surface area contributed by atoms with Crippen molar-refractivity contribution in [2.24, 2.45) is 5.92 Å². The van der Waals surface area contributed by atoms with Crippen molar-refractivity contribution in [2.75, 3.05) is 44.3 Å². The molecule has 3 rings (SSSR count). The summed E-state index contributed by atoms with van der Waals surface area (Å²) < 4.78 is 43.9. The van der Waals surface area contributed by atoms with E-state index in [1.54, 1.807) is 9.80 Å². The molecule has 10 heteroatoms. The first-order chi connectivity index (χ1) is 12.8. The number of nitro benzene ring substituents is 1. The molecular weight excluding hydrogens is 367 g/mol. The Kier molecular flexibility index (Phi) is 5.54. The van der Waals surface area contributed by atoms with E-state index in [-0.39, 0.29) is 24.1 Å². The third-order valence-electron chi connectivity index (χ3n) is 4.93. The Bertz CT molecular complexity index is 720. The molecule has 1 aromatic carbocycles. The molecule has 1 unspecified atom stereocenters. The zero-order chi connectivity index (χ0) is 19.6. The second kappa shape index (κ2) is 7.71. The number of rotatable bonds is 3. The second-order valence-electron chi connectivity index (χ2n) is 6.68. The van der Waals surface area contributed by atoms with Gasteiger partial charge in [0.1, 0.15) is 5.69 Å². The third-order valence-corrected chi connectivity index (χ3v) is 4.93. The van der Waals surface area contributed by atoms with Crippen molar-refractivity contribution in [1.82, 2.24) is 4.90 Å². The van der Waals surface area contributed by atoms with E-state index in [4.69, 9.17) is 4.74 Å². The Labute approximate surface area is 153 Å². The van der Waals surface area contributed by atoms with Crippen molar-refractivity contribution in [3.05, 3.63) is 33.9 Å². The lowest BCUT2D eigenvalue weighted by Gasteiger charge is -2.37. The van der Waals surface area contributed by atoms with Crippen LogP contribution in [-0.2, 0) is 15.7 Å². The molecule has 1 aromatic rings. The molecule has 0 saturated carbocycles. The normalized spacial score (nSPS) is 21.2. The van der Waals surface area contributed by atoms with Gasteiger partial charge >= 0.3 is 6.18 Å². The third kappa shape index (κ3) is 4.32. The van der Waals surface area contributed by atoms with Gasteiger partial charge in [0.15, 0.2) is 0 Å². The van der Waals surface area contributed by atoms with Crippen molar-refractivity contribution in [1.29, 1.82) is 0 Å². The van der Waals surface area contributed by atoms with Crippen LogP contribution in [0.15, 0.2) is 18.2 Å². The van der Waals surface area contributed by atoms with Gasteiger partial charge in [-0.3, -0.25) is 14.9 Å². The van der Waals surface area contributed by atoms with Gasteiger partial charge in [-0.25, -0.2) is 0 Å². The SMILES string of the molecule is O=C(C1CCCN(c2ccc(C(F)(F)F)cc2[N+](=O)[O-])C1)N1CCOCC1. The van der Waals surface area contributed by atoms with Crippen LogP contribution in [0, 0.1) is 16.0 Å². The number of alkyl halides is 3.